The Bertz CT molecular complexity index is 2120. The van der Waals surface area contributed by atoms with E-state index in [2.05, 4.69) is 182 Å². The van der Waals surface area contributed by atoms with Crippen LogP contribution >= 0.6 is 0 Å². The van der Waals surface area contributed by atoms with Gasteiger partial charge in [0, 0.05) is 46.0 Å². The molecule has 48 heavy (non-hydrogen) atoms. The van der Waals surface area contributed by atoms with Gasteiger partial charge in [-0.05, 0) is 93.2 Å². The van der Waals surface area contributed by atoms with Gasteiger partial charge >= 0.3 is 0 Å². The second-order valence-electron chi connectivity index (χ2n) is 12.7. The number of allylic oxidation sites excluding steroid dienone is 5. The van der Waals surface area contributed by atoms with Gasteiger partial charge in [-0.25, -0.2) is 0 Å². The van der Waals surface area contributed by atoms with Crippen LogP contribution in [0.1, 0.15) is 44.4 Å². The second-order valence-corrected chi connectivity index (χ2v) is 12.7. The predicted octanol–water partition coefficient (Wildman–Crippen LogP) is 12.8. The molecule has 2 heterocycles. The van der Waals surface area contributed by atoms with Crippen LogP contribution in [0, 0.1) is 0 Å². The molecule has 2 nitrogen and oxygen atoms in total. The average Bonchev–Trinajstić information content (AvgIpc) is 3.52. The normalized spacial score (nSPS) is 14.4. The van der Waals surface area contributed by atoms with Crippen molar-refractivity contribution in [3.63, 3.8) is 0 Å². The summed E-state index contributed by atoms with van der Waals surface area (Å²) in [6.45, 7) is 13.0. The fraction of sp³-hybridized carbons (Fsp3) is 0.130. The van der Waals surface area contributed by atoms with Crippen LogP contribution in [0.25, 0.3) is 16.3 Å². The van der Waals surface area contributed by atoms with Crippen molar-refractivity contribution in [3.8, 4) is 0 Å². The van der Waals surface area contributed by atoms with E-state index in [0.29, 0.717) is 0 Å². The van der Waals surface area contributed by atoms with Gasteiger partial charge in [-0.3, -0.25) is 0 Å². The van der Waals surface area contributed by atoms with Gasteiger partial charge in [0.05, 0.1) is 0 Å². The van der Waals surface area contributed by atoms with Crippen molar-refractivity contribution in [2.75, 3.05) is 9.80 Å². The van der Waals surface area contributed by atoms with Crippen molar-refractivity contribution in [2.24, 2.45) is 0 Å². The molecule has 2 aliphatic heterocycles. The molecule has 0 bridgehead atoms. The van der Waals surface area contributed by atoms with Gasteiger partial charge in [-0.2, -0.15) is 0 Å². The number of hydrogen-bond acceptors (Lipinski definition) is 2. The number of para-hydroxylation sites is 3. The number of nitrogens with zero attached hydrogens (tertiary/aromatic N) is 2. The van der Waals surface area contributed by atoms with Crippen molar-refractivity contribution < 1.29 is 0 Å². The highest BCUT2D eigenvalue weighted by Crippen LogP contribution is 2.54. The first-order valence-corrected chi connectivity index (χ1v) is 17.0. The van der Waals surface area contributed by atoms with Crippen LogP contribution < -0.4 is 9.80 Å². The van der Waals surface area contributed by atoms with Gasteiger partial charge in [0.25, 0.3) is 0 Å². The van der Waals surface area contributed by atoms with Gasteiger partial charge in [-0.15, -0.1) is 0 Å². The summed E-state index contributed by atoms with van der Waals surface area (Å²) < 4.78 is 0. The molecule has 0 amide bonds. The van der Waals surface area contributed by atoms with E-state index in [-0.39, 0.29) is 5.41 Å². The molecule has 0 unspecified atom stereocenters. The third kappa shape index (κ3) is 5.24. The van der Waals surface area contributed by atoms with Crippen molar-refractivity contribution in [1.29, 1.82) is 0 Å². The summed E-state index contributed by atoms with van der Waals surface area (Å²) in [4.78, 5) is 4.85. The maximum Gasteiger partial charge on any atom is 0.0499 e. The molecule has 236 valence electrons. The summed E-state index contributed by atoms with van der Waals surface area (Å²) in [6.07, 6.45) is 5.28. The maximum absolute atomic E-state index is 4.31. The van der Waals surface area contributed by atoms with Gasteiger partial charge in [0.2, 0.25) is 0 Å². The Balaban J connectivity index is 0.00000179. The maximum atomic E-state index is 4.31. The molecule has 6 aromatic rings. The highest BCUT2D eigenvalue weighted by atomic mass is 15.2. The number of fused-ring (bicyclic) bond motifs is 6. The fourth-order valence-corrected chi connectivity index (χ4v) is 7.41. The molecule has 0 N–H and O–H groups in total. The fourth-order valence-electron chi connectivity index (χ4n) is 7.41. The lowest BCUT2D eigenvalue weighted by atomic mass is 9.72. The van der Waals surface area contributed by atoms with Crippen molar-refractivity contribution in [3.05, 3.63) is 192 Å². The topological polar surface area (TPSA) is 6.48 Å². The van der Waals surface area contributed by atoms with Gasteiger partial charge in [0.15, 0.2) is 0 Å². The zero-order chi connectivity index (χ0) is 33.3. The van der Waals surface area contributed by atoms with E-state index in [9.17, 15) is 0 Å². The Morgan fingerprint density at radius 1 is 0.667 bits per heavy atom. The molecule has 0 aromatic heterocycles. The first-order chi connectivity index (χ1) is 23.5. The lowest BCUT2D eigenvalue weighted by Crippen LogP contribution is -2.32. The van der Waals surface area contributed by atoms with Crippen LogP contribution in [0.15, 0.2) is 176 Å². The Morgan fingerprint density at radius 3 is 2.00 bits per heavy atom. The number of anilines is 5. The average molecular weight is 623 g/mol. The molecule has 2 heteroatoms. The third-order valence-electron chi connectivity index (χ3n) is 9.64. The molecule has 2 aliphatic rings. The molecule has 6 aromatic carbocycles. The minimum Gasteiger partial charge on any atom is -0.313 e. The zero-order valence-electron chi connectivity index (χ0n) is 28.3. The Morgan fingerprint density at radius 2 is 1.29 bits per heavy atom. The van der Waals surface area contributed by atoms with Gasteiger partial charge in [0.1, 0.15) is 0 Å². The van der Waals surface area contributed by atoms with Crippen LogP contribution in [-0.2, 0) is 11.8 Å². The molecule has 0 saturated carbocycles. The van der Waals surface area contributed by atoms with E-state index in [1.165, 1.54) is 50.1 Å². The summed E-state index contributed by atoms with van der Waals surface area (Å²) in [7, 11) is 0. The van der Waals surface area contributed by atoms with E-state index in [0.717, 1.165) is 29.1 Å². The molecular weight excluding hydrogens is 581 g/mol. The minimum absolute atomic E-state index is 0.202. The summed E-state index contributed by atoms with van der Waals surface area (Å²) in [5.74, 6) is 0. The van der Waals surface area contributed by atoms with Crippen LogP contribution in [0.5, 0.6) is 0 Å². The molecule has 0 aliphatic carbocycles. The van der Waals surface area contributed by atoms with E-state index >= 15 is 0 Å². The number of hydrogen-bond donors (Lipinski definition) is 0. The smallest absolute Gasteiger partial charge is 0.0499 e. The predicted molar refractivity (Wildman–Crippen MR) is 207 cm³/mol. The largest absolute Gasteiger partial charge is 0.313 e. The van der Waals surface area contributed by atoms with Crippen LogP contribution in [0.2, 0.25) is 0 Å². The number of benzene rings is 6. The minimum atomic E-state index is -0.202. The Labute approximate surface area is 285 Å². The van der Waals surface area contributed by atoms with Crippen molar-refractivity contribution in [1.82, 2.24) is 0 Å². The lowest BCUT2D eigenvalue weighted by Gasteiger charge is -2.41. The molecule has 8 rings (SSSR count). The van der Waals surface area contributed by atoms with Crippen molar-refractivity contribution in [2.45, 2.75) is 39.5 Å². The van der Waals surface area contributed by atoms with Crippen molar-refractivity contribution >= 4 is 44.8 Å². The van der Waals surface area contributed by atoms with Crippen LogP contribution in [0.4, 0.5) is 28.4 Å². The highest BCUT2D eigenvalue weighted by molar-refractivity contribution is 5.97. The van der Waals surface area contributed by atoms with E-state index < -0.39 is 0 Å². The molecule has 0 radical (unpaired) electrons. The van der Waals surface area contributed by atoms with E-state index in [1.807, 2.05) is 19.9 Å². The molecule has 0 fully saturated rings. The highest BCUT2D eigenvalue weighted by Gasteiger charge is 2.41. The zero-order valence-corrected chi connectivity index (χ0v) is 28.3. The standard InChI is InChI=1S/C44H36N2.C2H6/c1-4-31(37-23-15-17-32-16-11-12-22-38(32)37)29-40-43-30-33-28-36(45(34-18-7-5-8-19-34)35-20-9-6-10-21-35)26-27-41(33)46(43)42-25-14-13-24-39(42)44(40,2)3;1-2/h4-29H,1,30H2,2-3H3;1-2H3/b31-29+;. The summed E-state index contributed by atoms with van der Waals surface area (Å²) in [6, 6.07) is 52.3. The molecular formula is C46H42N2. The summed E-state index contributed by atoms with van der Waals surface area (Å²) in [5.41, 5.74) is 13.4. The SMILES string of the molecule is C=C/C(=C\C1=C2Cc3cc(N(c4ccccc4)c4ccccc4)ccc3N2c2ccccc2C1(C)C)c1cccc2ccccc12.CC. The summed E-state index contributed by atoms with van der Waals surface area (Å²) >= 11 is 0. The molecule has 0 saturated heterocycles. The number of rotatable bonds is 6. The van der Waals surface area contributed by atoms with Gasteiger partial charge < -0.3 is 9.80 Å². The summed E-state index contributed by atoms with van der Waals surface area (Å²) in [5, 5.41) is 2.48. The first kappa shape index (κ1) is 31.0. The lowest BCUT2D eigenvalue weighted by molar-refractivity contribution is 0.617. The second kappa shape index (κ2) is 12.9. The Hall–Kier alpha value is -5.60. The quantitative estimate of drug-likeness (QED) is 0.171. The van der Waals surface area contributed by atoms with Crippen LogP contribution in [-0.4, -0.2) is 0 Å². The van der Waals surface area contributed by atoms with Gasteiger partial charge in [-0.1, -0.05) is 137 Å². The van der Waals surface area contributed by atoms with E-state index in [1.54, 1.807) is 0 Å². The Kier molecular flexibility index (Phi) is 8.33. The third-order valence-corrected chi connectivity index (χ3v) is 9.64. The van der Waals surface area contributed by atoms with E-state index in [4.69, 9.17) is 0 Å². The first-order valence-electron chi connectivity index (χ1n) is 17.0. The van der Waals surface area contributed by atoms with Crippen LogP contribution in [0.3, 0.4) is 0 Å². The molecule has 0 spiro atoms. The monoisotopic (exact) mass is 622 g/mol. The molecule has 0 atom stereocenters.